The quantitative estimate of drug-likeness (QED) is 0.488. The highest BCUT2D eigenvalue weighted by Crippen LogP contribution is 2.47. The second-order valence-corrected chi connectivity index (χ2v) is 8.31. The third-order valence-corrected chi connectivity index (χ3v) is 4.63. The van der Waals surface area contributed by atoms with Crippen LogP contribution in [0.3, 0.4) is 0 Å². The number of alkyl halides is 3. The number of rotatable bonds is 4. The van der Waals surface area contributed by atoms with Gasteiger partial charge in [0.2, 0.25) is 0 Å². The van der Waals surface area contributed by atoms with Gasteiger partial charge < -0.3 is 14.4 Å². The molecule has 0 N–H and O–H groups in total. The fraction of sp³-hybridized carbons (Fsp3) is 0.550. The van der Waals surface area contributed by atoms with E-state index in [1.165, 1.54) is 11.0 Å². The number of hydrogen-bond donors (Lipinski definition) is 0. The maximum atomic E-state index is 14.0. The Morgan fingerprint density at radius 2 is 1.90 bits per heavy atom. The molecule has 0 spiro atoms. The zero-order valence-corrected chi connectivity index (χ0v) is 16.9. The van der Waals surface area contributed by atoms with Crippen molar-refractivity contribution < 1.29 is 32.4 Å². The molecule has 0 bridgehead atoms. The zero-order valence-electron chi connectivity index (χ0n) is 16.9. The minimum atomic E-state index is -4.84. The van der Waals surface area contributed by atoms with Gasteiger partial charge in [-0.1, -0.05) is 6.08 Å². The molecule has 1 aliphatic heterocycles. The number of carbonyl (C=O) groups excluding carboxylic acids is 1. The van der Waals surface area contributed by atoms with E-state index < -0.39 is 45.4 Å². The van der Waals surface area contributed by atoms with Gasteiger partial charge in [0.25, 0.3) is 5.69 Å². The summed E-state index contributed by atoms with van der Waals surface area (Å²) in [5.74, 6) is -0.402. The molecule has 1 aromatic rings. The van der Waals surface area contributed by atoms with Crippen LogP contribution in [0.2, 0.25) is 0 Å². The van der Waals surface area contributed by atoms with Crippen molar-refractivity contribution in [1.29, 1.82) is 0 Å². The molecule has 1 saturated carbocycles. The number of halogens is 3. The molecule has 1 aliphatic carbocycles. The lowest BCUT2D eigenvalue weighted by molar-refractivity contribution is -0.385. The van der Waals surface area contributed by atoms with Gasteiger partial charge in [0, 0.05) is 19.2 Å². The van der Waals surface area contributed by atoms with E-state index in [0.717, 1.165) is 12.1 Å². The Balaban J connectivity index is 1.99. The summed E-state index contributed by atoms with van der Waals surface area (Å²) in [6, 6.07) is 2.06. The fourth-order valence-electron chi connectivity index (χ4n) is 3.18. The highest BCUT2D eigenvalue weighted by molar-refractivity contribution is 5.80. The SMILES string of the molecule is CC(C)(C)OC(=O)N1CC=C(c2c([N+](=O)[O-])ccc(OC3CC3)c2C(F)(F)F)CC1. The molecular formula is C20H23F3N2O5. The van der Waals surface area contributed by atoms with Crippen LogP contribution in [0.5, 0.6) is 5.75 Å². The van der Waals surface area contributed by atoms with Gasteiger partial charge in [0.05, 0.1) is 16.6 Å². The lowest BCUT2D eigenvalue weighted by Crippen LogP contribution is -2.39. The third-order valence-electron chi connectivity index (χ3n) is 4.63. The lowest BCUT2D eigenvalue weighted by Gasteiger charge is -2.30. The van der Waals surface area contributed by atoms with Gasteiger partial charge in [-0.2, -0.15) is 13.2 Å². The average molecular weight is 428 g/mol. The van der Waals surface area contributed by atoms with Crippen LogP contribution in [-0.4, -0.2) is 40.7 Å². The first-order valence-electron chi connectivity index (χ1n) is 9.59. The maximum Gasteiger partial charge on any atom is 0.420 e. The molecule has 10 heteroatoms. The molecule has 0 aromatic heterocycles. The van der Waals surface area contributed by atoms with Crippen molar-refractivity contribution in [1.82, 2.24) is 4.90 Å². The summed E-state index contributed by atoms with van der Waals surface area (Å²) in [6.45, 7) is 5.21. The molecule has 7 nitrogen and oxygen atoms in total. The van der Waals surface area contributed by atoms with Gasteiger partial charge in [0.1, 0.15) is 16.9 Å². The first-order chi connectivity index (χ1) is 13.9. The van der Waals surface area contributed by atoms with Crippen LogP contribution in [0.4, 0.5) is 23.7 Å². The highest BCUT2D eigenvalue weighted by atomic mass is 19.4. The van der Waals surface area contributed by atoms with E-state index in [9.17, 15) is 28.1 Å². The Hall–Kier alpha value is -2.78. The van der Waals surface area contributed by atoms with Crippen LogP contribution in [0.15, 0.2) is 18.2 Å². The molecule has 1 heterocycles. The number of nitro groups is 1. The first kappa shape index (κ1) is 21.9. The highest BCUT2D eigenvalue weighted by Gasteiger charge is 2.43. The van der Waals surface area contributed by atoms with Gasteiger partial charge >= 0.3 is 12.3 Å². The van der Waals surface area contributed by atoms with E-state index in [4.69, 9.17) is 9.47 Å². The van der Waals surface area contributed by atoms with E-state index >= 15 is 0 Å². The van der Waals surface area contributed by atoms with Crippen molar-refractivity contribution in [2.45, 2.75) is 57.9 Å². The van der Waals surface area contributed by atoms with E-state index in [1.54, 1.807) is 20.8 Å². The van der Waals surface area contributed by atoms with Crippen LogP contribution in [0.1, 0.15) is 51.2 Å². The number of carbonyl (C=O) groups is 1. The molecule has 0 atom stereocenters. The normalized spacial score (nSPS) is 17.4. The van der Waals surface area contributed by atoms with E-state index in [2.05, 4.69) is 0 Å². The fourth-order valence-corrected chi connectivity index (χ4v) is 3.18. The van der Waals surface area contributed by atoms with Crippen molar-refractivity contribution >= 4 is 17.4 Å². The van der Waals surface area contributed by atoms with Crippen molar-refractivity contribution in [2.24, 2.45) is 0 Å². The molecule has 30 heavy (non-hydrogen) atoms. The molecule has 0 radical (unpaired) electrons. The summed E-state index contributed by atoms with van der Waals surface area (Å²) in [7, 11) is 0. The Morgan fingerprint density at radius 3 is 2.37 bits per heavy atom. The molecule has 1 fully saturated rings. The second kappa shape index (κ2) is 7.81. The number of hydrogen-bond acceptors (Lipinski definition) is 5. The van der Waals surface area contributed by atoms with Crippen LogP contribution in [0.25, 0.3) is 5.57 Å². The van der Waals surface area contributed by atoms with Crippen LogP contribution < -0.4 is 4.74 Å². The summed E-state index contributed by atoms with van der Waals surface area (Å²) in [6.07, 6.45) is -3.00. The molecule has 2 aliphatic rings. The second-order valence-electron chi connectivity index (χ2n) is 8.31. The van der Waals surface area contributed by atoms with E-state index in [-0.39, 0.29) is 31.2 Å². The predicted octanol–water partition coefficient (Wildman–Crippen LogP) is 5.18. The molecule has 0 unspecified atom stereocenters. The first-order valence-corrected chi connectivity index (χ1v) is 9.59. The van der Waals surface area contributed by atoms with Gasteiger partial charge in [0.15, 0.2) is 0 Å². The molecule has 1 aromatic carbocycles. The van der Waals surface area contributed by atoms with Crippen molar-refractivity contribution in [3.05, 3.63) is 39.4 Å². The number of nitrogens with zero attached hydrogens (tertiary/aromatic N) is 2. The number of benzene rings is 1. The monoisotopic (exact) mass is 428 g/mol. The number of amides is 1. The molecule has 1 amide bonds. The minimum absolute atomic E-state index is 0.00753. The topological polar surface area (TPSA) is 81.9 Å². The van der Waals surface area contributed by atoms with Gasteiger partial charge in [-0.15, -0.1) is 0 Å². The van der Waals surface area contributed by atoms with Gasteiger partial charge in [-0.3, -0.25) is 10.1 Å². The minimum Gasteiger partial charge on any atom is -0.490 e. The van der Waals surface area contributed by atoms with Gasteiger partial charge in [-0.05, 0) is 51.7 Å². The van der Waals surface area contributed by atoms with E-state index in [0.29, 0.717) is 12.8 Å². The summed E-state index contributed by atoms with van der Waals surface area (Å²) in [5, 5.41) is 11.5. The molecule has 3 rings (SSSR count). The largest absolute Gasteiger partial charge is 0.490 e. The zero-order chi connectivity index (χ0) is 22.3. The number of ether oxygens (including phenoxy) is 2. The predicted molar refractivity (Wildman–Crippen MR) is 102 cm³/mol. The average Bonchev–Trinajstić information content (AvgIpc) is 3.43. The summed E-state index contributed by atoms with van der Waals surface area (Å²) < 4.78 is 52.5. The smallest absolute Gasteiger partial charge is 0.420 e. The molecule has 164 valence electrons. The van der Waals surface area contributed by atoms with Crippen LogP contribution in [0, 0.1) is 10.1 Å². The van der Waals surface area contributed by atoms with E-state index in [1.807, 2.05) is 0 Å². The maximum absolute atomic E-state index is 14.0. The van der Waals surface area contributed by atoms with Crippen LogP contribution >= 0.6 is 0 Å². The summed E-state index contributed by atoms with van der Waals surface area (Å²) >= 11 is 0. The molecule has 0 saturated heterocycles. The lowest BCUT2D eigenvalue weighted by atomic mass is 9.92. The van der Waals surface area contributed by atoms with Crippen LogP contribution in [-0.2, 0) is 10.9 Å². The summed E-state index contributed by atoms with van der Waals surface area (Å²) in [4.78, 5) is 24.2. The Bertz CT molecular complexity index is 886. The molecular weight excluding hydrogens is 405 g/mol. The number of nitro benzene ring substituents is 1. The van der Waals surface area contributed by atoms with Crippen molar-refractivity contribution in [3.63, 3.8) is 0 Å². The summed E-state index contributed by atoms with van der Waals surface area (Å²) in [5.41, 5.74) is -2.81. The third kappa shape index (κ3) is 5.03. The Morgan fingerprint density at radius 1 is 1.23 bits per heavy atom. The van der Waals surface area contributed by atoms with Crippen molar-refractivity contribution in [3.8, 4) is 5.75 Å². The standard InChI is InChI=1S/C20H23F3N2O5/c1-19(2,3)30-18(26)24-10-8-12(9-11-24)16-14(25(27)28)6-7-15(29-13-4-5-13)17(16)20(21,22)23/h6-8,13H,4-5,9-11H2,1-3H3. The Kier molecular flexibility index (Phi) is 5.70. The van der Waals surface area contributed by atoms with Gasteiger partial charge in [-0.25, -0.2) is 4.79 Å². The Labute approximate surface area is 171 Å². The van der Waals surface area contributed by atoms with Crippen molar-refractivity contribution in [2.75, 3.05) is 13.1 Å².